The zero-order chi connectivity index (χ0) is 19.3. The van der Waals surface area contributed by atoms with Gasteiger partial charge in [-0.2, -0.15) is 0 Å². The second-order valence-corrected chi connectivity index (χ2v) is 7.52. The molecule has 5 aromatic rings. The van der Waals surface area contributed by atoms with Crippen LogP contribution in [-0.2, 0) is 0 Å². The molecule has 0 saturated heterocycles. The predicted molar refractivity (Wildman–Crippen MR) is 117 cm³/mol. The zero-order valence-electron chi connectivity index (χ0n) is 14.7. The maximum Gasteiger partial charge on any atom is 0.344 e. The van der Waals surface area contributed by atoms with Gasteiger partial charge in [-0.05, 0) is 57.7 Å². The highest BCUT2D eigenvalue weighted by Gasteiger charge is 2.14. The summed E-state index contributed by atoms with van der Waals surface area (Å²) in [4.78, 5) is 16.1. The van der Waals surface area contributed by atoms with E-state index in [1.165, 1.54) is 5.39 Å². The molecule has 0 unspecified atom stereocenters. The van der Waals surface area contributed by atoms with Crippen molar-refractivity contribution in [3.63, 3.8) is 0 Å². The molecule has 4 aromatic carbocycles. The number of hydrogen-bond acceptors (Lipinski definition) is 3. The largest absolute Gasteiger partial charge is 0.423 e. The number of carbonyl (C=O) groups excluding carboxylic acids is 1. The molecule has 136 valence electrons. The van der Waals surface area contributed by atoms with Crippen molar-refractivity contribution in [2.45, 2.75) is 0 Å². The van der Waals surface area contributed by atoms with E-state index in [0.29, 0.717) is 21.5 Å². The maximum atomic E-state index is 12.6. The normalized spacial score (nSPS) is 11.3. The minimum absolute atomic E-state index is 0.393. The van der Waals surface area contributed by atoms with Gasteiger partial charge in [0, 0.05) is 31.8 Å². The van der Waals surface area contributed by atoms with Crippen molar-refractivity contribution < 1.29 is 9.53 Å². The Morgan fingerprint density at radius 2 is 1.71 bits per heavy atom. The van der Waals surface area contributed by atoms with Crippen molar-refractivity contribution in [3.8, 4) is 5.75 Å². The number of nitrogens with two attached hydrogens (primary N) is 1. The summed E-state index contributed by atoms with van der Waals surface area (Å²) in [5.74, 6) is 0.0281. The van der Waals surface area contributed by atoms with Crippen LogP contribution in [0.3, 0.4) is 0 Å². The number of aromatic nitrogens is 1. The predicted octanol–water partition coefficient (Wildman–Crippen LogP) is 6.04. The number of nitrogen functional groups attached to an aromatic ring is 1. The molecule has 0 amide bonds. The van der Waals surface area contributed by atoms with E-state index in [9.17, 15) is 4.79 Å². The SMILES string of the molecule is Nc1ccc(Br)c(C(=O)Oc2ccc3ccc4c5ccccc5[nH]c4c3c2)c1. The van der Waals surface area contributed by atoms with E-state index < -0.39 is 5.97 Å². The fraction of sp³-hybridized carbons (Fsp3) is 0. The molecule has 1 heterocycles. The Bertz CT molecular complexity index is 1390. The summed E-state index contributed by atoms with van der Waals surface area (Å²) in [7, 11) is 0. The third-order valence-corrected chi connectivity index (χ3v) is 5.58. The Morgan fingerprint density at radius 1 is 0.893 bits per heavy atom. The minimum atomic E-state index is -0.456. The van der Waals surface area contributed by atoms with Gasteiger partial charge >= 0.3 is 5.97 Å². The smallest absolute Gasteiger partial charge is 0.344 e. The van der Waals surface area contributed by atoms with Crippen molar-refractivity contribution in [1.29, 1.82) is 0 Å². The first-order chi connectivity index (χ1) is 13.6. The van der Waals surface area contributed by atoms with Crippen molar-refractivity contribution in [1.82, 2.24) is 4.98 Å². The van der Waals surface area contributed by atoms with Crippen LogP contribution in [0.5, 0.6) is 5.75 Å². The van der Waals surface area contributed by atoms with Crippen LogP contribution < -0.4 is 10.5 Å². The second-order valence-electron chi connectivity index (χ2n) is 6.67. The molecule has 0 bridgehead atoms. The molecule has 0 spiro atoms. The van der Waals surface area contributed by atoms with Gasteiger partial charge in [-0.15, -0.1) is 0 Å². The van der Waals surface area contributed by atoms with E-state index in [2.05, 4.69) is 45.2 Å². The summed E-state index contributed by atoms with van der Waals surface area (Å²) >= 11 is 3.37. The van der Waals surface area contributed by atoms with Gasteiger partial charge in [0.25, 0.3) is 0 Å². The molecule has 4 nitrogen and oxygen atoms in total. The molecular weight excluding hydrogens is 416 g/mol. The van der Waals surface area contributed by atoms with Crippen molar-refractivity contribution in [2.24, 2.45) is 0 Å². The highest BCUT2D eigenvalue weighted by atomic mass is 79.9. The summed E-state index contributed by atoms with van der Waals surface area (Å²) in [6.07, 6.45) is 0. The summed E-state index contributed by atoms with van der Waals surface area (Å²) in [6.45, 7) is 0. The molecule has 28 heavy (non-hydrogen) atoms. The Kier molecular flexibility index (Phi) is 3.84. The fourth-order valence-electron chi connectivity index (χ4n) is 3.54. The number of fused-ring (bicyclic) bond motifs is 5. The molecular formula is C23H15BrN2O2. The van der Waals surface area contributed by atoms with Crippen LogP contribution in [-0.4, -0.2) is 11.0 Å². The number of para-hydroxylation sites is 1. The Hall–Kier alpha value is -3.31. The number of hydrogen-bond donors (Lipinski definition) is 2. The lowest BCUT2D eigenvalue weighted by Gasteiger charge is -2.08. The summed E-state index contributed by atoms with van der Waals surface area (Å²) in [5.41, 5.74) is 8.81. The van der Waals surface area contributed by atoms with Crippen LogP contribution >= 0.6 is 15.9 Å². The van der Waals surface area contributed by atoms with Crippen LogP contribution in [0.25, 0.3) is 32.6 Å². The molecule has 0 aliphatic rings. The van der Waals surface area contributed by atoms with E-state index in [4.69, 9.17) is 10.5 Å². The third kappa shape index (κ3) is 2.72. The molecule has 0 fully saturated rings. The minimum Gasteiger partial charge on any atom is -0.423 e. The van der Waals surface area contributed by atoms with E-state index in [0.717, 1.165) is 27.2 Å². The number of benzene rings is 4. The molecule has 5 rings (SSSR count). The average molecular weight is 431 g/mol. The third-order valence-electron chi connectivity index (χ3n) is 4.89. The highest BCUT2D eigenvalue weighted by molar-refractivity contribution is 9.10. The summed E-state index contributed by atoms with van der Waals surface area (Å²) < 4.78 is 6.27. The number of aromatic amines is 1. The fourth-order valence-corrected chi connectivity index (χ4v) is 3.95. The number of nitrogens with one attached hydrogen (secondary N) is 1. The number of H-pyrrole nitrogens is 1. The molecule has 3 N–H and O–H groups in total. The van der Waals surface area contributed by atoms with Gasteiger partial charge in [-0.3, -0.25) is 0 Å². The van der Waals surface area contributed by atoms with E-state index in [-0.39, 0.29) is 0 Å². The topological polar surface area (TPSA) is 68.1 Å². The monoisotopic (exact) mass is 430 g/mol. The molecule has 0 atom stereocenters. The van der Waals surface area contributed by atoms with Gasteiger partial charge in [0.2, 0.25) is 0 Å². The van der Waals surface area contributed by atoms with E-state index >= 15 is 0 Å². The van der Waals surface area contributed by atoms with E-state index in [1.807, 2.05) is 24.3 Å². The lowest BCUT2D eigenvalue weighted by Crippen LogP contribution is -2.09. The Balaban J connectivity index is 1.61. The molecule has 0 aliphatic carbocycles. The van der Waals surface area contributed by atoms with Gasteiger partial charge in [0.1, 0.15) is 5.75 Å². The quantitative estimate of drug-likeness (QED) is 0.204. The highest BCUT2D eigenvalue weighted by Crippen LogP contribution is 2.33. The number of rotatable bonds is 2. The number of anilines is 1. The number of ether oxygens (including phenoxy) is 1. The van der Waals surface area contributed by atoms with Crippen LogP contribution in [0, 0.1) is 0 Å². The van der Waals surface area contributed by atoms with Crippen molar-refractivity contribution >= 4 is 60.2 Å². The Labute approximate surface area is 169 Å². The van der Waals surface area contributed by atoms with Gasteiger partial charge in [-0.25, -0.2) is 4.79 Å². The first kappa shape index (κ1) is 16.8. The molecule has 5 heteroatoms. The number of esters is 1. The summed E-state index contributed by atoms with van der Waals surface area (Å²) in [6, 6.07) is 23.1. The summed E-state index contributed by atoms with van der Waals surface area (Å²) in [5, 5.41) is 4.39. The van der Waals surface area contributed by atoms with Crippen LogP contribution in [0.1, 0.15) is 10.4 Å². The standard InChI is InChI=1S/C23H15BrN2O2/c24-20-10-7-14(25)11-19(20)23(27)28-15-8-5-13-6-9-17-16-3-1-2-4-21(16)26-22(17)18(13)12-15/h1-12,26H,25H2. The Morgan fingerprint density at radius 3 is 2.61 bits per heavy atom. The first-order valence-electron chi connectivity index (χ1n) is 8.80. The number of halogens is 1. The van der Waals surface area contributed by atoms with E-state index in [1.54, 1.807) is 24.3 Å². The van der Waals surface area contributed by atoms with Gasteiger partial charge < -0.3 is 15.5 Å². The molecule has 0 saturated carbocycles. The van der Waals surface area contributed by atoms with Crippen molar-refractivity contribution in [3.05, 3.63) is 82.8 Å². The van der Waals surface area contributed by atoms with Crippen LogP contribution in [0.4, 0.5) is 5.69 Å². The lowest BCUT2D eigenvalue weighted by molar-refractivity contribution is 0.0734. The zero-order valence-corrected chi connectivity index (χ0v) is 16.3. The van der Waals surface area contributed by atoms with Crippen LogP contribution in [0.2, 0.25) is 0 Å². The van der Waals surface area contributed by atoms with Crippen molar-refractivity contribution in [2.75, 3.05) is 5.73 Å². The van der Waals surface area contributed by atoms with Gasteiger partial charge in [0.05, 0.1) is 11.1 Å². The lowest BCUT2D eigenvalue weighted by atomic mass is 10.1. The maximum absolute atomic E-state index is 12.6. The molecule has 0 aliphatic heterocycles. The van der Waals surface area contributed by atoms with Gasteiger partial charge in [-0.1, -0.05) is 36.4 Å². The molecule has 0 radical (unpaired) electrons. The van der Waals surface area contributed by atoms with Gasteiger partial charge in [0.15, 0.2) is 0 Å². The average Bonchev–Trinajstić information content (AvgIpc) is 3.09. The number of carbonyl (C=O) groups is 1. The molecule has 1 aromatic heterocycles. The first-order valence-corrected chi connectivity index (χ1v) is 9.60. The van der Waals surface area contributed by atoms with Crippen LogP contribution in [0.15, 0.2) is 77.3 Å². The second kappa shape index (κ2) is 6.39.